The van der Waals surface area contributed by atoms with E-state index >= 15 is 0 Å². The average molecular weight is 321 g/mol. The third-order valence-corrected chi connectivity index (χ3v) is 6.79. The second-order valence-corrected chi connectivity index (χ2v) is 8.22. The zero-order valence-corrected chi connectivity index (χ0v) is 13.9. The molecule has 1 aromatic carbocycles. The fourth-order valence-corrected chi connectivity index (χ4v) is 5.39. The number of nitrogens with zero attached hydrogens (tertiary/aromatic N) is 1. The number of nitrogens with two attached hydrogens (primary N) is 1. The van der Waals surface area contributed by atoms with Crippen molar-refractivity contribution in [3.63, 3.8) is 0 Å². The Hall–Kier alpha value is -1.20. The van der Waals surface area contributed by atoms with Crippen LogP contribution in [-0.4, -0.2) is 45.7 Å². The fraction of sp³-hybridized carbons (Fsp3) is 0.588. The van der Waals surface area contributed by atoms with Gasteiger partial charge in [-0.15, -0.1) is 11.8 Å². The van der Waals surface area contributed by atoms with Crippen LogP contribution in [0.1, 0.15) is 31.2 Å². The number of benzene rings is 1. The Labute approximate surface area is 136 Å². The van der Waals surface area contributed by atoms with Crippen LogP contribution in [0.4, 0.5) is 5.69 Å². The van der Waals surface area contributed by atoms with Crippen LogP contribution < -0.4 is 5.73 Å². The number of hydrogen-bond acceptors (Lipinski definition) is 3. The summed E-state index contributed by atoms with van der Waals surface area (Å²) in [6.45, 7) is 1.06. The molecule has 2 aliphatic heterocycles. The Bertz CT molecular complexity index is 532. The van der Waals surface area contributed by atoms with Gasteiger partial charge in [0, 0.05) is 42.2 Å². The van der Waals surface area contributed by atoms with Crippen molar-refractivity contribution in [3.8, 4) is 0 Å². The lowest BCUT2D eigenvalue weighted by molar-refractivity contribution is -0.960. The van der Waals surface area contributed by atoms with Crippen LogP contribution >= 0.6 is 11.8 Å². The lowest BCUT2D eigenvalue weighted by atomic mass is 9.97. The molecule has 1 aromatic rings. The number of piperidine rings is 1. The lowest BCUT2D eigenvalue weighted by Crippen LogP contribution is -2.57. The third-order valence-electron chi connectivity index (χ3n) is 5.52. The van der Waals surface area contributed by atoms with Crippen LogP contribution in [0.5, 0.6) is 0 Å². The van der Waals surface area contributed by atoms with E-state index in [1.807, 2.05) is 12.1 Å². The van der Waals surface area contributed by atoms with Gasteiger partial charge >= 0.3 is 5.97 Å². The first-order chi connectivity index (χ1) is 10.5. The van der Waals surface area contributed by atoms with Gasteiger partial charge in [-0.05, 0) is 12.1 Å². The number of nitrogen functional groups attached to an aromatic ring is 1. The molecule has 0 radical (unpaired) electrons. The largest absolute Gasteiger partial charge is 0.481 e. The maximum Gasteiger partial charge on any atom is 0.313 e. The maximum atomic E-state index is 10.8. The van der Waals surface area contributed by atoms with E-state index in [-0.39, 0.29) is 5.75 Å². The molecule has 0 aromatic heterocycles. The molecule has 5 heteroatoms. The minimum atomic E-state index is -0.693. The van der Waals surface area contributed by atoms with Crippen molar-refractivity contribution in [2.75, 3.05) is 18.5 Å². The highest BCUT2D eigenvalue weighted by Crippen LogP contribution is 2.45. The van der Waals surface area contributed by atoms with E-state index < -0.39 is 5.97 Å². The fourth-order valence-electron chi connectivity index (χ4n) is 4.29. The van der Waals surface area contributed by atoms with Crippen LogP contribution in [-0.2, 0) is 11.3 Å². The molecule has 2 fully saturated rings. The van der Waals surface area contributed by atoms with E-state index in [1.165, 1.54) is 18.4 Å². The highest BCUT2D eigenvalue weighted by Gasteiger charge is 2.51. The van der Waals surface area contributed by atoms with E-state index in [9.17, 15) is 4.79 Å². The number of thioether (sulfide) groups is 1. The van der Waals surface area contributed by atoms with Gasteiger partial charge in [0.05, 0.1) is 24.9 Å². The highest BCUT2D eigenvalue weighted by molar-refractivity contribution is 8.00. The van der Waals surface area contributed by atoms with Gasteiger partial charge in [0.1, 0.15) is 6.54 Å². The topological polar surface area (TPSA) is 63.3 Å². The van der Waals surface area contributed by atoms with Crippen molar-refractivity contribution >= 4 is 23.4 Å². The Morgan fingerprint density at radius 1 is 1.27 bits per heavy atom. The minimum absolute atomic E-state index is 0.242. The molecular weight excluding hydrogens is 296 g/mol. The van der Waals surface area contributed by atoms with Crippen molar-refractivity contribution in [1.29, 1.82) is 0 Å². The molecule has 2 atom stereocenters. The first-order valence-electron chi connectivity index (χ1n) is 8.00. The van der Waals surface area contributed by atoms with Gasteiger partial charge < -0.3 is 15.3 Å². The average Bonchev–Trinajstić information content (AvgIpc) is 2.66. The van der Waals surface area contributed by atoms with Crippen molar-refractivity contribution in [3.05, 3.63) is 29.8 Å². The van der Waals surface area contributed by atoms with Crippen molar-refractivity contribution in [2.24, 2.45) is 0 Å². The molecule has 2 heterocycles. The monoisotopic (exact) mass is 321 g/mol. The summed E-state index contributed by atoms with van der Waals surface area (Å²) >= 11 is 1.64. The zero-order valence-electron chi connectivity index (χ0n) is 13.1. The Kier molecular flexibility index (Phi) is 4.37. The Balaban J connectivity index is 1.68. The van der Waals surface area contributed by atoms with Crippen molar-refractivity contribution in [1.82, 2.24) is 0 Å². The second-order valence-electron chi connectivity index (χ2n) is 6.93. The molecule has 120 valence electrons. The summed E-state index contributed by atoms with van der Waals surface area (Å²) in [6, 6.07) is 9.59. The summed E-state index contributed by atoms with van der Waals surface area (Å²) in [5.41, 5.74) is 7.95. The van der Waals surface area contributed by atoms with E-state index in [0.29, 0.717) is 17.3 Å². The number of aliphatic carboxylic acids is 1. The number of rotatable bonds is 5. The molecule has 0 aliphatic carbocycles. The standard InChI is InChI=1S/C17H24N2O2S/c1-19(10-12-2-4-13(18)5-3-12)14-6-7-15(19)9-16(8-14)22-11-17(20)21/h2-5,14-16H,6-11,18H2,1H3/p+1. The predicted molar refractivity (Wildman–Crippen MR) is 90.7 cm³/mol. The number of carboxylic acids is 1. The van der Waals surface area contributed by atoms with E-state index in [2.05, 4.69) is 19.2 Å². The predicted octanol–water partition coefficient (Wildman–Crippen LogP) is 2.73. The molecule has 3 rings (SSSR count). The molecule has 2 unspecified atom stereocenters. The first-order valence-corrected chi connectivity index (χ1v) is 9.05. The van der Waals surface area contributed by atoms with Gasteiger partial charge in [-0.25, -0.2) is 0 Å². The molecule has 0 amide bonds. The number of carbonyl (C=O) groups is 1. The van der Waals surface area contributed by atoms with Crippen LogP contribution in [0.3, 0.4) is 0 Å². The van der Waals surface area contributed by atoms with Crippen LogP contribution in [0, 0.1) is 0 Å². The zero-order chi connectivity index (χ0) is 15.7. The van der Waals surface area contributed by atoms with E-state index in [0.717, 1.165) is 29.6 Å². The number of carboxylic acid groups (broad SMARTS) is 1. The number of quaternary nitrogens is 1. The Morgan fingerprint density at radius 2 is 1.86 bits per heavy atom. The summed E-state index contributed by atoms with van der Waals surface area (Å²) in [7, 11) is 2.39. The van der Waals surface area contributed by atoms with Crippen LogP contribution in [0.15, 0.2) is 24.3 Å². The SMILES string of the molecule is C[N+]1(Cc2ccc(N)cc2)C2CCC1CC(SCC(=O)O)C2. The van der Waals surface area contributed by atoms with Crippen molar-refractivity contribution < 1.29 is 14.4 Å². The van der Waals surface area contributed by atoms with Gasteiger partial charge in [0.15, 0.2) is 0 Å². The molecule has 0 spiro atoms. The first kappa shape index (κ1) is 15.7. The van der Waals surface area contributed by atoms with Gasteiger partial charge in [0.2, 0.25) is 0 Å². The maximum absolute atomic E-state index is 10.8. The number of fused-ring (bicyclic) bond motifs is 2. The second kappa shape index (κ2) is 6.13. The van der Waals surface area contributed by atoms with Crippen LogP contribution in [0.25, 0.3) is 0 Å². The van der Waals surface area contributed by atoms with Gasteiger partial charge in [-0.2, -0.15) is 0 Å². The smallest absolute Gasteiger partial charge is 0.313 e. The van der Waals surface area contributed by atoms with E-state index in [1.54, 1.807) is 11.8 Å². The minimum Gasteiger partial charge on any atom is -0.481 e. The summed E-state index contributed by atoms with van der Waals surface area (Å²) in [6.07, 6.45) is 4.86. The molecule has 0 saturated carbocycles. The summed E-state index contributed by atoms with van der Waals surface area (Å²) in [4.78, 5) is 10.8. The Morgan fingerprint density at radius 3 is 2.41 bits per heavy atom. The van der Waals surface area contributed by atoms with E-state index in [4.69, 9.17) is 10.8 Å². The number of anilines is 1. The van der Waals surface area contributed by atoms with Gasteiger partial charge in [-0.3, -0.25) is 4.79 Å². The normalized spacial score (nSPS) is 33.8. The van der Waals surface area contributed by atoms with Crippen LogP contribution in [0.2, 0.25) is 0 Å². The molecule has 4 nitrogen and oxygen atoms in total. The highest BCUT2D eigenvalue weighted by atomic mass is 32.2. The number of hydrogen-bond donors (Lipinski definition) is 2. The summed E-state index contributed by atoms with van der Waals surface area (Å²) in [5.74, 6) is -0.451. The molecular formula is C17H25N2O2S+. The molecule has 3 N–H and O–H groups in total. The summed E-state index contributed by atoms with van der Waals surface area (Å²) in [5, 5.41) is 9.40. The van der Waals surface area contributed by atoms with Crippen molar-refractivity contribution in [2.45, 2.75) is 49.6 Å². The molecule has 2 bridgehead atoms. The molecule has 22 heavy (non-hydrogen) atoms. The summed E-state index contributed by atoms with van der Waals surface area (Å²) < 4.78 is 1.12. The molecule has 2 aliphatic rings. The third kappa shape index (κ3) is 3.10. The lowest BCUT2D eigenvalue weighted by Gasteiger charge is -2.47. The quantitative estimate of drug-likeness (QED) is 0.646. The molecule has 2 saturated heterocycles. The van der Waals surface area contributed by atoms with Gasteiger partial charge in [-0.1, -0.05) is 12.1 Å². The van der Waals surface area contributed by atoms with Gasteiger partial charge in [0.25, 0.3) is 0 Å².